The Bertz CT molecular complexity index is 1310. The predicted octanol–water partition coefficient (Wildman–Crippen LogP) is 6.27. The van der Waals surface area contributed by atoms with Crippen molar-refractivity contribution in [3.63, 3.8) is 0 Å². The number of aromatic nitrogens is 2. The average Bonchev–Trinajstić information content (AvgIpc) is 3.27. The molecule has 0 saturated carbocycles. The summed E-state index contributed by atoms with van der Waals surface area (Å²) in [5.74, 6) is 2.61. The van der Waals surface area contributed by atoms with E-state index in [0.717, 1.165) is 55.7 Å². The van der Waals surface area contributed by atoms with Gasteiger partial charge in [-0.1, -0.05) is 48.9 Å². The number of fused-ring (bicyclic) bond motifs is 1. The summed E-state index contributed by atoms with van der Waals surface area (Å²) in [4.78, 5) is 17.4. The Labute approximate surface area is 219 Å². The zero-order valence-electron chi connectivity index (χ0n) is 22.1. The highest BCUT2D eigenvalue weighted by atomic mass is 16.5. The van der Waals surface area contributed by atoms with Gasteiger partial charge >= 0.3 is 0 Å². The number of rotatable bonds is 13. The van der Waals surface area contributed by atoms with Crippen LogP contribution < -0.4 is 14.8 Å². The van der Waals surface area contributed by atoms with Crippen LogP contribution in [-0.2, 0) is 13.0 Å². The van der Waals surface area contributed by atoms with Crippen LogP contribution in [0.15, 0.2) is 66.7 Å². The maximum absolute atomic E-state index is 12.5. The van der Waals surface area contributed by atoms with Crippen LogP contribution in [0.3, 0.4) is 0 Å². The number of ether oxygens (including phenoxy) is 2. The van der Waals surface area contributed by atoms with Crippen LogP contribution >= 0.6 is 0 Å². The van der Waals surface area contributed by atoms with Crippen molar-refractivity contribution in [3.05, 3.63) is 89.2 Å². The van der Waals surface area contributed by atoms with E-state index in [1.807, 2.05) is 18.2 Å². The summed E-state index contributed by atoms with van der Waals surface area (Å²) in [6.45, 7) is 6.36. The van der Waals surface area contributed by atoms with Crippen LogP contribution in [0.1, 0.15) is 53.0 Å². The Balaban J connectivity index is 1.26. The Morgan fingerprint density at radius 2 is 1.65 bits per heavy atom. The number of amides is 1. The van der Waals surface area contributed by atoms with Crippen LogP contribution in [0, 0.1) is 13.8 Å². The van der Waals surface area contributed by atoms with Crippen LogP contribution in [0.4, 0.5) is 0 Å². The SMILES string of the molecule is COc1ccccc1C(=O)NCCCCCc1nc2ccccc2n1CCCOc1c(C)cccc1C. The monoisotopic (exact) mass is 499 g/mol. The number of hydrogen-bond acceptors (Lipinski definition) is 4. The number of nitrogens with one attached hydrogen (secondary N) is 1. The average molecular weight is 500 g/mol. The van der Waals surface area contributed by atoms with E-state index in [4.69, 9.17) is 14.5 Å². The summed E-state index contributed by atoms with van der Waals surface area (Å²) in [5.41, 5.74) is 5.13. The molecule has 6 heteroatoms. The van der Waals surface area contributed by atoms with Gasteiger partial charge in [0.05, 0.1) is 30.3 Å². The summed E-state index contributed by atoms with van der Waals surface area (Å²) in [5, 5.41) is 3.01. The Morgan fingerprint density at radius 3 is 2.46 bits per heavy atom. The van der Waals surface area contributed by atoms with E-state index in [0.29, 0.717) is 24.5 Å². The maximum Gasteiger partial charge on any atom is 0.255 e. The molecule has 0 atom stereocenters. The summed E-state index contributed by atoms with van der Waals surface area (Å²) in [6, 6.07) is 21.9. The standard InChI is InChI=1S/C31H37N3O3/c1-23-13-11-14-24(2)30(23)37-22-12-21-34-27-17-8-7-16-26(27)33-29(34)19-5-4-10-20-32-31(35)25-15-6-9-18-28(25)36-3/h6-9,11,13-18H,4-5,10,12,19-22H2,1-3H3,(H,32,35). The fourth-order valence-corrected chi connectivity index (χ4v) is 4.70. The van der Waals surface area contributed by atoms with Gasteiger partial charge in [0.25, 0.3) is 5.91 Å². The molecule has 0 unspecified atom stereocenters. The number of para-hydroxylation sites is 4. The van der Waals surface area contributed by atoms with Gasteiger partial charge in [-0.15, -0.1) is 0 Å². The molecule has 0 spiro atoms. The first-order chi connectivity index (χ1) is 18.1. The molecular formula is C31H37N3O3. The second kappa shape index (κ2) is 12.9. The summed E-state index contributed by atoms with van der Waals surface area (Å²) in [6.07, 6.45) is 4.78. The lowest BCUT2D eigenvalue weighted by Crippen LogP contribution is -2.24. The van der Waals surface area contributed by atoms with Crippen LogP contribution in [0.5, 0.6) is 11.5 Å². The van der Waals surface area contributed by atoms with Crippen LogP contribution in [-0.4, -0.2) is 35.7 Å². The molecule has 6 nitrogen and oxygen atoms in total. The number of unbranched alkanes of at least 4 members (excludes halogenated alkanes) is 2. The molecule has 3 aromatic carbocycles. The molecule has 1 heterocycles. The zero-order chi connectivity index (χ0) is 26.0. The third-order valence-corrected chi connectivity index (χ3v) is 6.63. The second-order valence-electron chi connectivity index (χ2n) is 9.36. The van der Waals surface area contributed by atoms with E-state index in [9.17, 15) is 4.79 Å². The molecule has 4 rings (SSSR count). The molecule has 1 aromatic heterocycles. The molecule has 0 radical (unpaired) electrons. The smallest absolute Gasteiger partial charge is 0.255 e. The lowest BCUT2D eigenvalue weighted by molar-refractivity contribution is 0.0950. The molecule has 0 aliphatic heterocycles. The van der Waals surface area contributed by atoms with Crippen LogP contribution in [0.2, 0.25) is 0 Å². The molecule has 0 bridgehead atoms. The summed E-state index contributed by atoms with van der Waals surface area (Å²) >= 11 is 0. The first kappa shape index (κ1) is 26.3. The number of carbonyl (C=O) groups excluding carboxylic acids is 1. The Morgan fingerprint density at radius 1 is 0.892 bits per heavy atom. The van der Waals surface area contributed by atoms with Gasteiger partial charge in [0.1, 0.15) is 17.3 Å². The number of benzene rings is 3. The van der Waals surface area contributed by atoms with Gasteiger partial charge in [0.2, 0.25) is 0 Å². The third kappa shape index (κ3) is 6.70. The molecule has 0 aliphatic rings. The van der Waals surface area contributed by atoms with E-state index >= 15 is 0 Å². The van der Waals surface area contributed by atoms with Gasteiger partial charge in [-0.25, -0.2) is 4.98 Å². The first-order valence-corrected chi connectivity index (χ1v) is 13.1. The Hall–Kier alpha value is -3.80. The van der Waals surface area contributed by atoms with Gasteiger partial charge in [-0.2, -0.15) is 0 Å². The van der Waals surface area contributed by atoms with Gasteiger partial charge in [0.15, 0.2) is 0 Å². The predicted molar refractivity (Wildman–Crippen MR) is 149 cm³/mol. The first-order valence-electron chi connectivity index (χ1n) is 13.1. The molecule has 0 aliphatic carbocycles. The lowest BCUT2D eigenvalue weighted by atomic mass is 10.1. The van der Waals surface area contributed by atoms with Gasteiger partial charge in [-0.05, 0) is 68.5 Å². The molecule has 4 aromatic rings. The lowest BCUT2D eigenvalue weighted by Gasteiger charge is -2.13. The molecule has 1 amide bonds. The van der Waals surface area contributed by atoms with Crippen molar-refractivity contribution in [2.24, 2.45) is 0 Å². The van der Waals surface area contributed by atoms with E-state index in [1.54, 1.807) is 19.2 Å². The zero-order valence-corrected chi connectivity index (χ0v) is 22.1. The number of hydrogen-bond donors (Lipinski definition) is 1. The Kier molecular flexibility index (Phi) is 9.19. The minimum atomic E-state index is -0.0950. The van der Waals surface area contributed by atoms with Gasteiger partial charge in [-0.3, -0.25) is 4.79 Å². The normalized spacial score (nSPS) is 11.0. The van der Waals surface area contributed by atoms with Crippen molar-refractivity contribution in [2.45, 2.75) is 52.5 Å². The van der Waals surface area contributed by atoms with Crippen molar-refractivity contribution in [2.75, 3.05) is 20.3 Å². The van der Waals surface area contributed by atoms with Crippen molar-refractivity contribution >= 4 is 16.9 Å². The van der Waals surface area contributed by atoms with Crippen LogP contribution in [0.25, 0.3) is 11.0 Å². The molecular weight excluding hydrogens is 462 g/mol. The van der Waals surface area contributed by atoms with Gasteiger partial charge < -0.3 is 19.4 Å². The molecule has 0 saturated heterocycles. The number of carbonyl (C=O) groups is 1. The molecule has 0 fully saturated rings. The minimum Gasteiger partial charge on any atom is -0.496 e. The molecule has 37 heavy (non-hydrogen) atoms. The largest absolute Gasteiger partial charge is 0.496 e. The summed E-state index contributed by atoms with van der Waals surface area (Å²) < 4.78 is 13.8. The quantitative estimate of drug-likeness (QED) is 0.220. The van der Waals surface area contributed by atoms with Crippen molar-refractivity contribution in [1.29, 1.82) is 0 Å². The number of nitrogens with zero attached hydrogens (tertiary/aromatic N) is 2. The number of imidazole rings is 1. The molecule has 194 valence electrons. The van der Waals surface area contributed by atoms with Gasteiger partial charge in [0, 0.05) is 19.5 Å². The highest BCUT2D eigenvalue weighted by Crippen LogP contribution is 2.23. The van der Waals surface area contributed by atoms with E-state index < -0.39 is 0 Å². The number of aryl methyl sites for hydroxylation is 4. The van der Waals surface area contributed by atoms with Crippen molar-refractivity contribution in [1.82, 2.24) is 14.9 Å². The highest BCUT2D eigenvalue weighted by molar-refractivity contribution is 5.96. The van der Waals surface area contributed by atoms with E-state index in [-0.39, 0.29) is 5.91 Å². The fraction of sp³-hybridized carbons (Fsp3) is 0.355. The molecule has 1 N–H and O–H groups in total. The fourth-order valence-electron chi connectivity index (χ4n) is 4.70. The maximum atomic E-state index is 12.5. The second-order valence-corrected chi connectivity index (χ2v) is 9.36. The van der Waals surface area contributed by atoms with Crippen molar-refractivity contribution < 1.29 is 14.3 Å². The van der Waals surface area contributed by atoms with E-state index in [2.05, 4.69) is 60.1 Å². The summed E-state index contributed by atoms with van der Waals surface area (Å²) in [7, 11) is 1.58. The third-order valence-electron chi connectivity index (χ3n) is 6.63. The van der Waals surface area contributed by atoms with Crippen molar-refractivity contribution in [3.8, 4) is 11.5 Å². The topological polar surface area (TPSA) is 65.4 Å². The highest BCUT2D eigenvalue weighted by Gasteiger charge is 2.12. The number of methoxy groups -OCH3 is 1. The van der Waals surface area contributed by atoms with E-state index in [1.165, 1.54) is 16.6 Å². The minimum absolute atomic E-state index is 0.0950.